The predicted octanol–water partition coefficient (Wildman–Crippen LogP) is 0.921. The molecule has 0 saturated heterocycles. The molecule has 18 heavy (non-hydrogen) atoms. The molecule has 0 fully saturated rings. The summed E-state index contributed by atoms with van der Waals surface area (Å²) in [5.41, 5.74) is 1.15. The fourth-order valence-corrected chi connectivity index (χ4v) is 1.58. The van der Waals surface area contributed by atoms with Crippen LogP contribution in [0.1, 0.15) is 10.5 Å². The number of carbonyl (C=O) groups excluding carboxylic acids is 1. The van der Waals surface area contributed by atoms with E-state index < -0.39 is 0 Å². The fraction of sp³-hybridized carbons (Fsp3) is 0.308. The van der Waals surface area contributed by atoms with E-state index in [1.54, 1.807) is 6.07 Å². The van der Waals surface area contributed by atoms with Crippen molar-refractivity contribution in [2.75, 3.05) is 27.2 Å². The smallest absolute Gasteiger partial charge is 0.271 e. The molecular formula is C13H16N4O. The van der Waals surface area contributed by atoms with Crippen LogP contribution in [0.3, 0.4) is 0 Å². The molecule has 2 aromatic rings. The van der Waals surface area contributed by atoms with Gasteiger partial charge in [0.05, 0.1) is 5.52 Å². The monoisotopic (exact) mass is 244 g/mol. The van der Waals surface area contributed by atoms with Crippen LogP contribution >= 0.6 is 0 Å². The van der Waals surface area contributed by atoms with Gasteiger partial charge in [-0.05, 0) is 26.2 Å². The van der Waals surface area contributed by atoms with Gasteiger partial charge in [-0.25, -0.2) is 0 Å². The first-order chi connectivity index (χ1) is 8.66. The van der Waals surface area contributed by atoms with Gasteiger partial charge >= 0.3 is 0 Å². The predicted molar refractivity (Wildman–Crippen MR) is 70.4 cm³/mol. The first-order valence-corrected chi connectivity index (χ1v) is 5.82. The molecule has 0 radical (unpaired) electrons. The van der Waals surface area contributed by atoms with Crippen molar-refractivity contribution >= 4 is 16.8 Å². The number of nitrogens with one attached hydrogen (secondary N) is 1. The number of carbonyl (C=O) groups is 1. The van der Waals surface area contributed by atoms with Gasteiger partial charge in [-0.1, -0.05) is 18.2 Å². The second-order valence-corrected chi connectivity index (χ2v) is 4.35. The van der Waals surface area contributed by atoms with Crippen LogP contribution in [0.4, 0.5) is 0 Å². The van der Waals surface area contributed by atoms with Crippen LogP contribution in [0, 0.1) is 0 Å². The second-order valence-electron chi connectivity index (χ2n) is 4.35. The molecule has 1 N–H and O–H groups in total. The molecular weight excluding hydrogens is 228 g/mol. The van der Waals surface area contributed by atoms with Crippen molar-refractivity contribution < 1.29 is 4.79 Å². The zero-order chi connectivity index (χ0) is 13.0. The molecule has 0 spiro atoms. The van der Waals surface area contributed by atoms with Gasteiger partial charge in [0, 0.05) is 18.5 Å². The Bertz CT molecular complexity index is 553. The van der Waals surface area contributed by atoms with E-state index in [1.165, 1.54) is 0 Å². The minimum atomic E-state index is -0.185. The number of benzene rings is 1. The number of fused-ring (bicyclic) bond motifs is 1. The second kappa shape index (κ2) is 5.55. The maximum absolute atomic E-state index is 11.8. The van der Waals surface area contributed by atoms with Crippen LogP contribution in [0.15, 0.2) is 30.3 Å². The first kappa shape index (κ1) is 12.4. The third-order valence-electron chi connectivity index (χ3n) is 2.57. The summed E-state index contributed by atoms with van der Waals surface area (Å²) >= 11 is 0. The van der Waals surface area contributed by atoms with Crippen LogP contribution < -0.4 is 5.32 Å². The molecule has 5 heteroatoms. The lowest BCUT2D eigenvalue weighted by molar-refractivity contribution is 0.0945. The summed E-state index contributed by atoms with van der Waals surface area (Å²) in [6.07, 6.45) is 0. The van der Waals surface area contributed by atoms with Gasteiger partial charge in [-0.2, -0.15) is 0 Å². The summed E-state index contributed by atoms with van der Waals surface area (Å²) in [6, 6.07) is 9.36. The lowest BCUT2D eigenvalue weighted by Gasteiger charge is -2.09. The van der Waals surface area contributed by atoms with Gasteiger partial charge in [-0.15, -0.1) is 10.2 Å². The van der Waals surface area contributed by atoms with Crippen molar-refractivity contribution in [2.24, 2.45) is 0 Å². The minimum Gasteiger partial charge on any atom is -0.349 e. The van der Waals surface area contributed by atoms with E-state index in [-0.39, 0.29) is 5.91 Å². The number of aromatic nitrogens is 2. The molecule has 0 aliphatic heterocycles. The highest BCUT2D eigenvalue weighted by molar-refractivity contribution is 5.95. The zero-order valence-electron chi connectivity index (χ0n) is 10.6. The van der Waals surface area contributed by atoms with Crippen LogP contribution in [0.5, 0.6) is 0 Å². The minimum absolute atomic E-state index is 0.185. The van der Waals surface area contributed by atoms with E-state index in [0.29, 0.717) is 12.2 Å². The van der Waals surface area contributed by atoms with Crippen molar-refractivity contribution in [1.29, 1.82) is 0 Å². The van der Waals surface area contributed by atoms with Crippen LogP contribution in [-0.2, 0) is 0 Å². The Hall–Kier alpha value is -2.01. The summed E-state index contributed by atoms with van der Waals surface area (Å²) in [5.74, 6) is -0.185. The third kappa shape index (κ3) is 3.01. The third-order valence-corrected chi connectivity index (χ3v) is 2.57. The number of hydrogen-bond donors (Lipinski definition) is 1. The molecule has 0 saturated carbocycles. The van der Waals surface area contributed by atoms with Crippen LogP contribution in [-0.4, -0.2) is 48.2 Å². The number of amides is 1. The molecule has 1 amide bonds. The summed E-state index contributed by atoms with van der Waals surface area (Å²) in [5, 5.41) is 11.7. The lowest BCUT2D eigenvalue weighted by atomic mass is 10.2. The highest BCUT2D eigenvalue weighted by Crippen LogP contribution is 2.10. The van der Waals surface area contributed by atoms with Crippen molar-refractivity contribution in [2.45, 2.75) is 0 Å². The lowest BCUT2D eigenvalue weighted by Crippen LogP contribution is -2.31. The Labute approximate surface area is 106 Å². The van der Waals surface area contributed by atoms with Gasteiger partial charge in [0.2, 0.25) is 0 Å². The SMILES string of the molecule is CN(C)CCNC(=O)c1cc2ccccc2nn1. The average Bonchev–Trinajstić information content (AvgIpc) is 2.37. The summed E-state index contributed by atoms with van der Waals surface area (Å²) in [6.45, 7) is 1.40. The van der Waals surface area contributed by atoms with Crippen LogP contribution in [0.25, 0.3) is 10.9 Å². The average molecular weight is 244 g/mol. The highest BCUT2D eigenvalue weighted by Gasteiger charge is 2.08. The van der Waals surface area contributed by atoms with E-state index in [4.69, 9.17) is 0 Å². The zero-order valence-corrected chi connectivity index (χ0v) is 10.6. The quantitative estimate of drug-likeness (QED) is 0.869. The molecule has 0 aliphatic rings. The van der Waals surface area contributed by atoms with Gasteiger partial charge < -0.3 is 10.2 Å². The summed E-state index contributed by atoms with van der Waals surface area (Å²) in [4.78, 5) is 13.8. The Morgan fingerprint density at radius 1 is 1.28 bits per heavy atom. The molecule has 5 nitrogen and oxygen atoms in total. The Morgan fingerprint density at radius 3 is 2.83 bits per heavy atom. The molecule has 0 unspecified atom stereocenters. The molecule has 1 aromatic heterocycles. The molecule has 2 rings (SSSR count). The van der Waals surface area contributed by atoms with E-state index in [2.05, 4.69) is 15.5 Å². The van der Waals surface area contributed by atoms with E-state index in [0.717, 1.165) is 17.4 Å². The molecule has 0 bridgehead atoms. The Morgan fingerprint density at radius 2 is 2.06 bits per heavy atom. The van der Waals surface area contributed by atoms with Gasteiger partial charge in [0.15, 0.2) is 5.69 Å². The van der Waals surface area contributed by atoms with E-state index >= 15 is 0 Å². The summed E-state index contributed by atoms with van der Waals surface area (Å²) in [7, 11) is 3.92. The maximum atomic E-state index is 11.8. The van der Waals surface area contributed by atoms with Crippen LogP contribution in [0.2, 0.25) is 0 Å². The van der Waals surface area contributed by atoms with Gasteiger partial charge in [0.1, 0.15) is 0 Å². The van der Waals surface area contributed by atoms with Gasteiger partial charge in [0.25, 0.3) is 5.91 Å². The number of rotatable bonds is 4. The number of likely N-dealkylation sites (N-methyl/N-ethyl adjacent to an activating group) is 1. The molecule has 0 atom stereocenters. The topological polar surface area (TPSA) is 58.1 Å². The standard InChI is InChI=1S/C13H16N4O/c1-17(2)8-7-14-13(18)12-9-10-5-3-4-6-11(10)15-16-12/h3-6,9H,7-8H2,1-2H3,(H,14,18). The maximum Gasteiger partial charge on any atom is 0.271 e. The highest BCUT2D eigenvalue weighted by atomic mass is 16.1. The number of hydrogen-bond acceptors (Lipinski definition) is 4. The first-order valence-electron chi connectivity index (χ1n) is 5.82. The largest absolute Gasteiger partial charge is 0.349 e. The Balaban J connectivity index is 2.08. The van der Waals surface area contributed by atoms with E-state index in [1.807, 2.05) is 43.3 Å². The van der Waals surface area contributed by atoms with Crippen molar-refractivity contribution in [3.63, 3.8) is 0 Å². The van der Waals surface area contributed by atoms with Crippen molar-refractivity contribution in [3.8, 4) is 0 Å². The Kier molecular flexibility index (Phi) is 3.84. The summed E-state index contributed by atoms with van der Waals surface area (Å²) < 4.78 is 0. The molecule has 1 heterocycles. The number of nitrogens with zero attached hydrogens (tertiary/aromatic N) is 3. The molecule has 0 aliphatic carbocycles. The normalized spacial score (nSPS) is 10.8. The van der Waals surface area contributed by atoms with E-state index in [9.17, 15) is 4.79 Å². The van der Waals surface area contributed by atoms with Crippen molar-refractivity contribution in [1.82, 2.24) is 20.4 Å². The van der Waals surface area contributed by atoms with Crippen molar-refractivity contribution in [3.05, 3.63) is 36.0 Å². The molecule has 1 aromatic carbocycles. The fourth-order valence-electron chi connectivity index (χ4n) is 1.58. The molecule has 94 valence electrons. The van der Waals surface area contributed by atoms with Gasteiger partial charge in [-0.3, -0.25) is 4.79 Å².